The molecule has 2 rings (SSSR count). The van der Waals surface area contributed by atoms with Gasteiger partial charge in [-0.15, -0.1) is 0 Å². The lowest BCUT2D eigenvalue weighted by molar-refractivity contribution is -0.120. The van der Waals surface area contributed by atoms with Crippen LogP contribution < -0.4 is 11.1 Å². The molecule has 0 bridgehead atoms. The Balaban J connectivity index is 2.01. The molecule has 4 nitrogen and oxygen atoms in total. The summed E-state index contributed by atoms with van der Waals surface area (Å²) >= 11 is 3.36. The Hall–Kier alpha value is -1.10. The number of nitrogen functional groups attached to an aromatic ring is 1. The largest absolute Gasteiger partial charge is 0.397 e. The summed E-state index contributed by atoms with van der Waals surface area (Å²) in [6.07, 6.45) is 8.30. The molecule has 1 aromatic rings. The Morgan fingerprint density at radius 3 is 2.61 bits per heavy atom. The van der Waals surface area contributed by atoms with Crippen LogP contribution in [0.2, 0.25) is 0 Å². The number of nitrogens with two attached hydrogens (primary N) is 1. The number of aromatic nitrogens is 1. The third kappa shape index (κ3) is 3.45. The Bertz CT molecular complexity index is 428. The van der Waals surface area contributed by atoms with E-state index in [4.69, 9.17) is 5.73 Å². The van der Waals surface area contributed by atoms with Gasteiger partial charge in [0.1, 0.15) is 5.82 Å². The zero-order chi connectivity index (χ0) is 13.0. The Labute approximate surface area is 115 Å². The third-order valence-electron chi connectivity index (χ3n) is 3.33. The van der Waals surface area contributed by atoms with E-state index in [0.717, 1.165) is 30.2 Å². The van der Waals surface area contributed by atoms with Gasteiger partial charge in [0.15, 0.2) is 0 Å². The number of hydrogen-bond acceptors (Lipinski definition) is 3. The molecule has 1 aliphatic rings. The van der Waals surface area contributed by atoms with Crippen LogP contribution in [-0.2, 0) is 4.79 Å². The highest BCUT2D eigenvalue weighted by atomic mass is 79.9. The summed E-state index contributed by atoms with van der Waals surface area (Å²) in [5.74, 6) is 0.757. The molecule has 0 saturated heterocycles. The molecule has 1 aliphatic carbocycles. The molecule has 0 aliphatic heterocycles. The van der Waals surface area contributed by atoms with Crippen molar-refractivity contribution in [3.8, 4) is 0 Å². The van der Waals surface area contributed by atoms with Crippen molar-refractivity contribution in [3.05, 3.63) is 16.7 Å². The number of carbonyl (C=O) groups is 1. The minimum absolute atomic E-state index is 0.0786. The van der Waals surface area contributed by atoms with E-state index in [0.29, 0.717) is 11.5 Å². The molecule has 0 aromatic carbocycles. The van der Waals surface area contributed by atoms with Crippen LogP contribution in [0.4, 0.5) is 11.5 Å². The Kier molecular flexibility index (Phi) is 4.58. The molecule has 0 radical (unpaired) electrons. The van der Waals surface area contributed by atoms with Gasteiger partial charge in [0, 0.05) is 5.92 Å². The summed E-state index contributed by atoms with van der Waals surface area (Å²) in [5.41, 5.74) is 6.19. The normalized spacial score (nSPS) is 17.2. The van der Waals surface area contributed by atoms with Crippen molar-refractivity contribution < 1.29 is 4.79 Å². The maximum absolute atomic E-state index is 12.2. The molecular weight excluding hydrogens is 294 g/mol. The number of pyridine rings is 1. The number of nitrogens with one attached hydrogen (secondary N) is 1. The van der Waals surface area contributed by atoms with Crippen LogP contribution in [0, 0.1) is 5.92 Å². The van der Waals surface area contributed by atoms with Crippen LogP contribution >= 0.6 is 15.9 Å². The third-order valence-corrected chi connectivity index (χ3v) is 3.93. The van der Waals surface area contributed by atoms with Gasteiger partial charge in [0.2, 0.25) is 5.91 Å². The predicted molar refractivity (Wildman–Crippen MR) is 76.2 cm³/mol. The minimum atomic E-state index is 0.0786. The minimum Gasteiger partial charge on any atom is -0.397 e. The van der Waals surface area contributed by atoms with Crippen molar-refractivity contribution in [1.82, 2.24) is 4.98 Å². The van der Waals surface area contributed by atoms with Crippen LogP contribution in [0.3, 0.4) is 0 Å². The lowest BCUT2D eigenvalue weighted by atomic mass is 9.99. The van der Waals surface area contributed by atoms with E-state index in [1.807, 2.05) is 0 Å². The summed E-state index contributed by atoms with van der Waals surface area (Å²) in [6, 6.07) is 1.75. The first-order chi connectivity index (χ1) is 8.66. The van der Waals surface area contributed by atoms with E-state index in [-0.39, 0.29) is 11.8 Å². The molecule has 1 heterocycles. The molecule has 1 amide bonds. The molecule has 18 heavy (non-hydrogen) atoms. The van der Waals surface area contributed by atoms with E-state index >= 15 is 0 Å². The standard InChI is InChI=1S/C13H18BrN3O/c14-11-7-10(15)8-16-12(11)17-13(18)9-5-3-1-2-4-6-9/h7-9H,1-6,15H2,(H,16,17,18). The topological polar surface area (TPSA) is 68.0 Å². The number of rotatable bonds is 2. The van der Waals surface area contributed by atoms with Gasteiger partial charge < -0.3 is 11.1 Å². The van der Waals surface area contributed by atoms with Crippen LogP contribution in [0.1, 0.15) is 38.5 Å². The van der Waals surface area contributed by atoms with Crippen LogP contribution in [0.25, 0.3) is 0 Å². The smallest absolute Gasteiger partial charge is 0.228 e. The van der Waals surface area contributed by atoms with Crippen LogP contribution in [0.15, 0.2) is 16.7 Å². The summed E-state index contributed by atoms with van der Waals surface area (Å²) in [7, 11) is 0. The number of halogens is 1. The van der Waals surface area contributed by atoms with Gasteiger partial charge in [0.05, 0.1) is 16.4 Å². The highest BCUT2D eigenvalue weighted by Gasteiger charge is 2.20. The lowest BCUT2D eigenvalue weighted by Gasteiger charge is -2.14. The second kappa shape index (κ2) is 6.18. The second-order valence-corrected chi connectivity index (χ2v) is 5.63. The van der Waals surface area contributed by atoms with E-state index in [1.54, 1.807) is 12.3 Å². The SMILES string of the molecule is Nc1cnc(NC(=O)C2CCCCCC2)c(Br)c1. The maximum atomic E-state index is 12.2. The van der Waals surface area contributed by atoms with Gasteiger partial charge in [0.25, 0.3) is 0 Å². The van der Waals surface area contributed by atoms with E-state index < -0.39 is 0 Å². The fourth-order valence-corrected chi connectivity index (χ4v) is 2.77. The van der Waals surface area contributed by atoms with Crippen molar-refractivity contribution >= 4 is 33.3 Å². The molecule has 1 saturated carbocycles. The predicted octanol–water partition coefficient (Wildman–Crippen LogP) is 3.34. The van der Waals surface area contributed by atoms with Crippen molar-refractivity contribution in [2.75, 3.05) is 11.1 Å². The molecule has 3 N–H and O–H groups in total. The monoisotopic (exact) mass is 311 g/mol. The van der Waals surface area contributed by atoms with Crippen molar-refractivity contribution in [2.45, 2.75) is 38.5 Å². The van der Waals surface area contributed by atoms with Gasteiger partial charge in [-0.1, -0.05) is 25.7 Å². The molecular formula is C13H18BrN3O. The Morgan fingerprint density at radius 2 is 2.00 bits per heavy atom. The zero-order valence-electron chi connectivity index (χ0n) is 10.3. The summed E-state index contributed by atoms with van der Waals surface area (Å²) in [5, 5.41) is 2.88. The average molecular weight is 312 g/mol. The van der Waals surface area contributed by atoms with Crippen LogP contribution in [0.5, 0.6) is 0 Å². The second-order valence-electron chi connectivity index (χ2n) is 4.78. The van der Waals surface area contributed by atoms with Crippen molar-refractivity contribution in [3.63, 3.8) is 0 Å². The highest BCUT2D eigenvalue weighted by Crippen LogP contribution is 2.26. The van der Waals surface area contributed by atoms with Gasteiger partial charge in [-0.05, 0) is 34.8 Å². The quantitative estimate of drug-likeness (QED) is 0.823. The van der Waals surface area contributed by atoms with Gasteiger partial charge in [-0.2, -0.15) is 0 Å². The van der Waals surface area contributed by atoms with Crippen LogP contribution in [-0.4, -0.2) is 10.9 Å². The summed E-state index contributed by atoms with van der Waals surface area (Å²) < 4.78 is 0.726. The fraction of sp³-hybridized carbons (Fsp3) is 0.538. The molecule has 1 fully saturated rings. The van der Waals surface area contributed by atoms with Crippen molar-refractivity contribution in [2.24, 2.45) is 5.92 Å². The first-order valence-corrected chi connectivity index (χ1v) is 7.18. The number of amides is 1. The summed E-state index contributed by atoms with van der Waals surface area (Å²) in [6.45, 7) is 0. The molecule has 5 heteroatoms. The molecule has 0 unspecified atom stereocenters. The molecule has 0 atom stereocenters. The van der Waals surface area contributed by atoms with Crippen molar-refractivity contribution in [1.29, 1.82) is 0 Å². The van der Waals surface area contributed by atoms with E-state index in [1.165, 1.54) is 12.8 Å². The summed E-state index contributed by atoms with van der Waals surface area (Å²) in [4.78, 5) is 16.3. The Morgan fingerprint density at radius 1 is 1.33 bits per heavy atom. The molecule has 0 spiro atoms. The lowest BCUT2D eigenvalue weighted by Crippen LogP contribution is -2.23. The van der Waals surface area contributed by atoms with E-state index in [2.05, 4.69) is 26.2 Å². The average Bonchev–Trinajstić information content (AvgIpc) is 2.61. The molecule has 1 aromatic heterocycles. The first-order valence-electron chi connectivity index (χ1n) is 6.38. The molecule has 98 valence electrons. The number of anilines is 2. The van der Waals surface area contributed by atoms with Gasteiger partial charge >= 0.3 is 0 Å². The fourth-order valence-electron chi connectivity index (χ4n) is 2.30. The van der Waals surface area contributed by atoms with Gasteiger partial charge in [-0.3, -0.25) is 4.79 Å². The van der Waals surface area contributed by atoms with Gasteiger partial charge in [-0.25, -0.2) is 4.98 Å². The maximum Gasteiger partial charge on any atom is 0.228 e. The first kappa shape index (κ1) is 13.3. The zero-order valence-corrected chi connectivity index (χ0v) is 11.9. The highest BCUT2D eigenvalue weighted by molar-refractivity contribution is 9.10. The number of hydrogen-bond donors (Lipinski definition) is 2. The number of nitrogens with zero attached hydrogens (tertiary/aromatic N) is 1. The number of carbonyl (C=O) groups excluding carboxylic acids is 1. The van der Waals surface area contributed by atoms with E-state index in [9.17, 15) is 4.79 Å².